The number of likely N-dealkylation sites (tertiary alicyclic amines) is 1. The molecule has 0 aromatic rings. The summed E-state index contributed by atoms with van der Waals surface area (Å²) >= 11 is 0. The first-order valence-corrected chi connectivity index (χ1v) is 16.2. The molecule has 2 saturated carbocycles. The SMILES string of the molecule is CCN(C)C1CC(C(=O)NC[C@H](O)CN2CCC3CC(OCC4OCNC4C)CCC3C2)CC(NC2CCC2)N1. The van der Waals surface area contributed by atoms with E-state index < -0.39 is 6.10 Å². The molecule has 5 fully saturated rings. The lowest BCUT2D eigenvalue weighted by Gasteiger charge is -2.44. The van der Waals surface area contributed by atoms with Gasteiger partial charge in [0.2, 0.25) is 5.91 Å². The zero-order valence-corrected chi connectivity index (χ0v) is 25.2. The van der Waals surface area contributed by atoms with Crippen LogP contribution in [0.2, 0.25) is 0 Å². The van der Waals surface area contributed by atoms with Gasteiger partial charge in [0.1, 0.15) is 0 Å². The van der Waals surface area contributed by atoms with Gasteiger partial charge in [-0.3, -0.25) is 25.6 Å². The fraction of sp³-hybridized carbons (Fsp3) is 0.967. The zero-order valence-electron chi connectivity index (χ0n) is 25.2. The molecule has 8 unspecified atom stereocenters. The Hall–Kier alpha value is -0.850. The second-order valence-electron chi connectivity index (χ2n) is 13.3. The van der Waals surface area contributed by atoms with E-state index in [1.165, 1.54) is 25.7 Å². The van der Waals surface area contributed by atoms with Crippen LogP contribution in [0.4, 0.5) is 0 Å². The van der Waals surface area contributed by atoms with Crippen LogP contribution in [-0.2, 0) is 14.3 Å². The lowest BCUT2D eigenvalue weighted by molar-refractivity contribution is -0.128. The third kappa shape index (κ3) is 8.16. The van der Waals surface area contributed by atoms with E-state index in [0.717, 1.165) is 51.7 Å². The molecule has 0 bridgehead atoms. The lowest BCUT2D eigenvalue weighted by atomic mass is 9.74. The van der Waals surface area contributed by atoms with E-state index >= 15 is 0 Å². The number of hydrogen-bond donors (Lipinski definition) is 5. The fourth-order valence-corrected chi connectivity index (χ4v) is 7.41. The Labute approximate surface area is 241 Å². The van der Waals surface area contributed by atoms with Crippen molar-refractivity contribution in [3.8, 4) is 0 Å². The monoisotopic (exact) mass is 564 g/mol. The summed E-state index contributed by atoms with van der Waals surface area (Å²) in [7, 11) is 2.12. The van der Waals surface area contributed by atoms with Crippen LogP contribution in [0.15, 0.2) is 0 Å². The molecule has 0 aromatic carbocycles. The lowest BCUT2D eigenvalue weighted by Crippen LogP contribution is -2.62. The number of nitrogens with one attached hydrogen (secondary N) is 4. The van der Waals surface area contributed by atoms with Gasteiger partial charge in [-0.2, -0.15) is 0 Å². The van der Waals surface area contributed by atoms with Gasteiger partial charge in [0.15, 0.2) is 0 Å². The van der Waals surface area contributed by atoms with Crippen molar-refractivity contribution in [1.82, 2.24) is 31.1 Å². The average Bonchev–Trinajstić information content (AvgIpc) is 3.36. The molecule has 3 saturated heterocycles. The van der Waals surface area contributed by atoms with E-state index in [4.69, 9.17) is 9.47 Å². The van der Waals surface area contributed by atoms with Gasteiger partial charge in [-0.25, -0.2) is 0 Å². The molecule has 5 N–H and O–H groups in total. The number of nitrogens with zero attached hydrogens (tertiary/aromatic N) is 2. The van der Waals surface area contributed by atoms with Gasteiger partial charge in [0.25, 0.3) is 0 Å². The van der Waals surface area contributed by atoms with Crippen LogP contribution in [0, 0.1) is 17.8 Å². The molecule has 2 aliphatic carbocycles. The van der Waals surface area contributed by atoms with Gasteiger partial charge in [-0.1, -0.05) is 13.3 Å². The second kappa shape index (κ2) is 14.6. The summed E-state index contributed by atoms with van der Waals surface area (Å²) in [5, 5.41) is 24.7. The summed E-state index contributed by atoms with van der Waals surface area (Å²) in [5.74, 6) is 1.43. The Morgan fingerprint density at radius 3 is 2.75 bits per heavy atom. The van der Waals surface area contributed by atoms with Crippen LogP contribution in [0.3, 0.4) is 0 Å². The van der Waals surface area contributed by atoms with Gasteiger partial charge in [0, 0.05) is 37.6 Å². The summed E-state index contributed by atoms with van der Waals surface area (Å²) < 4.78 is 12.0. The average molecular weight is 565 g/mol. The fourth-order valence-electron chi connectivity index (χ4n) is 7.41. The predicted octanol–water partition coefficient (Wildman–Crippen LogP) is 1.05. The van der Waals surface area contributed by atoms with Crippen LogP contribution >= 0.6 is 0 Å². The Bertz CT molecular complexity index is 802. The number of aliphatic hydroxyl groups excluding tert-OH is 1. The Morgan fingerprint density at radius 2 is 2.02 bits per heavy atom. The highest BCUT2D eigenvalue weighted by Crippen LogP contribution is 2.37. The Morgan fingerprint density at radius 1 is 1.18 bits per heavy atom. The highest BCUT2D eigenvalue weighted by molar-refractivity contribution is 5.78. The van der Waals surface area contributed by atoms with Gasteiger partial charge < -0.3 is 24.8 Å². The maximum atomic E-state index is 13.2. The van der Waals surface area contributed by atoms with E-state index in [1.54, 1.807) is 0 Å². The number of ether oxygens (including phenoxy) is 2. The molecule has 5 rings (SSSR count). The van der Waals surface area contributed by atoms with Crippen molar-refractivity contribution >= 4 is 5.91 Å². The van der Waals surface area contributed by atoms with Crippen molar-refractivity contribution in [2.75, 3.05) is 53.1 Å². The number of amides is 1. The number of fused-ring (bicyclic) bond motifs is 1. The van der Waals surface area contributed by atoms with Crippen LogP contribution < -0.4 is 21.3 Å². The summed E-state index contributed by atoms with van der Waals surface area (Å²) in [6.07, 6.45) is 10.3. The molecule has 3 heterocycles. The van der Waals surface area contributed by atoms with Crippen LogP contribution in [-0.4, -0.2) is 117 Å². The zero-order chi connectivity index (χ0) is 28.1. The molecule has 9 atom stereocenters. The van der Waals surface area contributed by atoms with Crippen molar-refractivity contribution in [1.29, 1.82) is 0 Å². The van der Waals surface area contributed by atoms with Gasteiger partial charge in [0.05, 0.1) is 44.0 Å². The predicted molar refractivity (Wildman–Crippen MR) is 155 cm³/mol. The number of rotatable bonds is 12. The Kier molecular flexibility index (Phi) is 11.1. The van der Waals surface area contributed by atoms with E-state index in [2.05, 4.69) is 52.0 Å². The highest BCUT2D eigenvalue weighted by atomic mass is 16.5. The minimum atomic E-state index is -0.540. The first-order valence-electron chi connectivity index (χ1n) is 16.2. The van der Waals surface area contributed by atoms with Gasteiger partial charge >= 0.3 is 0 Å². The topological polar surface area (TPSA) is 110 Å². The van der Waals surface area contributed by atoms with Crippen LogP contribution in [0.25, 0.3) is 0 Å². The van der Waals surface area contributed by atoms with Crippen molar-refractivity contribution in [3.63, 3.8) is 0 Å². The number of aliphatic hydroxyl groups is 1. The molecule has 0 aromatic heterocycles. The number of carbonyl (C=O) groups is 1. The normalized spacial score (nSPS) is 38.1. The quantitative estimate of drug-likeness (QED) is 0.238. The van der Waals surface area contributed by atoms with Crippen molar-refractivity contribution < 1.29 is 19.4 Å². The van der Waals surface area contributed by atoms with Gasteiger partial charge in [-0.15, -0.1) is 0 Å². The number of hydrogen-bond acceptors (Lipinski definition) is 9. The largest absolute Gasteiger partial charge is 0.390 e. The summed E-state index contributed by atoms with van der Waals surface area (Å²) in [4.78, 5) is 17.9. The third-order valence-corrected chi connectivity index (χ3v) is 10.5. The van der Waals surface area contributed by atoms with E-state index in [1.807, 2.05) is 0 Å². The molecule has 10 heteroatoms. The minimum absolute atomic E-state index is 0.0436. The molecular formula is C30H56N6O4. The third-order valence-electron chi connectivity index (χ3n) is 10.5. The molecule has 5 aliphatic rings. The van der Waals surface area contributed by atoms with Crippen molar-refractivity contribution in [2.24, 2.45) is 17.8 Å². The summed E-state index contributed by atoms with van der Waals surface area (Å²) in [6, 6.07) is 0.939. The molecule has 0 spiro atoms. The highest BCUT2D eigenvalue weighted by Gasteiger charge is 2.38. The van der Waals surface area contributed by atoms with Gasteiger partial charge in [-0.05, 0) is 90.3 Å². The molecule has 10 nitrogen and oxygen atoms in total. The summed E-state index contributed by atoms with van der Waals surface area (Å²) in [5.41, 5.74) is 0. The minimum Gasteiger partial charge on any atom is -0.390 e. The maximum absolute atomic E-state index is 13.2. The smallest absolute Gasteiger partial charge is 0.223 e. The van der Waals surface area contributed by atoms with Crippen LogP contribution in [0.5, 0.6) is 0 Å². The molecule has 3 aliphatic heterocycles. The first-order chi connectivity index (χ1) is 19.4. The van der Waals surface area contributed by atoms with Crippen molar-refractivity contribution in [2.45, 2.75) is 114 Å². The van der Waals surface area contributed by atoms with Crippen molar-refractivity contribution in [3.05, 3.63) is 0 Å². The molecule has 230 valence electrons. The number of β-amino-alcohol motifs (C(OH)–C–C–N with tert-alkyl or cyclic N) is 1. The molecule has 0 radical (unpaired) electrons. The molecule has 40 heavy (non-hydrogen) atoms. The number of piperidine rings is 2. The van der Waals surface area contributed by atoms with Crippen LogP contribution in [0.1, 0.15) is 71.6 Å². The standard InChI is InChI=1S/C30H56N6O4/c1-4-35(3)29-14-23(13-28(34-29)33-24-6-5-7-24)30(38)31-15-25(37)17-36-11-10-21-12-26(9-8-22(21)16-36)39-18-27-20(2)32-19-40-27/h20-29,32-34,37H,4-19H2,1-3H3,(H,31,38)/t20?,21?,22?,23?,25-,26?,27?,28?,29?/m0/s1. The van der Waals surface area contributed by atoms with E-state index in [0.29, 0.717) is 56.5 Å². The molecular weight excluding hydrogens is 508 g/mol. The van der Waals surface area contributed by atoms with E-state index in [9.17, 15) is 9.90 Å². The van der Waals surface area contributed by atoms with E-state index in [-0.39, 0.29) is 30.3 Å². The summed E-state index contributed by atoms with van der Waals surface area (Å²) in [6.45, 7) is 9.59. The Balaban J connectivity index is 1.01. The second-order valence-corrected chi connectivity index (χ2v) is 13.3. The first kappa shape index (κ1) is 30.6. The maximum Gasteiger partial charge on any atom is 0.223 e. The molecule has 1 amide bonds. The number of carbonyl (C=O) groups excluding carboxylic acids is 1.